The van der Waals surface area contributed by atoms with Crippen molar-refractivity contribution in [3.05, 3.63) is 59.2 Å². The SMILES string of the molecule is Cc1cc(F)c(COc2nsc(NC(=O)NCC(C)Cn3ccnc3)c2C(N)=O)cc1F. The van der Waals surface area contributed by atoms with Crippen LogP contribution in [0.4, 0.5) is 18.6 Å². The summed E-state index contributed by atoms with van der Waals surface area (Å²) >= 11 is 0.788. The molecule has 4 N–H and O–H groups in total. The first-order valence-electron chi connectivity index (χ1n) is 9.62. The monoisotopic (exact) mass is 464 g/mol. The first-order valence-corrected chi connectivity index (χ1v) is 10.4. The Kier molecular flexibility index (Phi) is 7.36. The first kappa shape index (κ1) is 23.1. The van der Waals surface area contributed by atoms with E-state index in [1.54, 1.807) is 12.5 Å². The number of hydrogen-bond donors (Lipinski definition) is 3. The highest BCUT2D eigenvalue weighted by Crippen LogP contribution is 2.31. The van der Waals surface area contributed by atoms with Crippen molar-refractivity contribution >= 4 is 28.5 Å². The van der Waals surface area contributed by atoms with Crippen LogP contribution < -0.4 is 21.1 Å². The number of anilines is 1. The van der Waals surface area contributed by atoms with E-state index in [1.807, 2.05) is 17.7 Å². The van der Waals surface area contributed by atoms with Crippen LogP contribution in [0.25, 0.3) is 0 Å². The van der Waals surface area contributed by atoms with E-state index < -0.39 is 23.6 Å². The van der Waals surface area contributed by atoms with Crippen LogP contribution in [0, 0.1) is 24.5 Å². The van der Waals surface area contributed by atoms with Crippen molar-refractivity contribution in [2.45, 2.75) is 27.0 Å². The summed E-state index contributed by atoms with van der Waals surface area (Å²) in [6.45, 7) is 4.07. The Balaban J connectivity index is 1.61. The predicted octanol–water partition coefficient (Wildman–Crippen LogP) is 3.06. The van der Waals surface area contributed by atoms with Gasteiger partial charge in [-0.3, -0.25) is 10.1 Å². The van der Waals surface area contributed by atoms with Gasteiger partial charge in [-0.1, -0.05) is 6.92 Å². The summed E-state index contributed by atoms with van der Waals surface area (Å²) in [5.41, 5.74) is 5.38. The van der Waals surface area contributed by atoms with Gasteiger partial charge in [-0.05, 0) is 42.1 Å². The number of urea groups is 1. The molecule has 0 saturated heterocycles. The van der Waals surface area contributed by atoms with Gasteiger partial charge in [0.15, 0.2) is 0 Å². The van der Waals surface area contributed by atoms with E-state index in [9.17, 15) is 18.4 Å². The van der Waals surface area contributed by atoms with Gasteiger partial charge in [-0.2, -0.15) is 4.37 Å². The molecule has 3 rings (SSSR count). The number of carbonyl (C=O) groups is 2. The predicted molar refractivity (Wildman–Crippen MR) is 114 cm³/mol. The number of ether oxygens (including phenoxy) is 1. The Hall–Kier alpha value is -3.54. The van der Waals surface area contributed by atoms with E-state index in [2.05, 4.69) is 20.0 Å². The van der Waals surface area contributed by atoms with Crippen LogP contribution in [0.15, 0.2) is 30.9 Å². The zero-order valence-electron chi connectivity index (χ0n) is 17.4. The molecule has 2 aromatic heterocycles. The Bertz CT molecular complexity index is 1100. The number of benzene rings is 1. The Morgan fingerprint density at radius 2 is 2.09 bits per heavy atom. The Labute approximate surface area is 186 Å². The molecule has 0 radical (unpaired) electrons. The zero-order chi connectivity index (χ0) is 23.3. The van der Waals surface area contributed by atoms with E-state index in [0.717, 1.165) is 23.7 Å². The third kappa shape index (κ3) is 5.78. The van der Waals surface area contributed by atoms with Gasteiger partial charge in [0.05, 0.1) is 6.33 Å². The van der Waals surface area contributed by atoms with Gasteiger partial charge < -0.3 is 20.4 Å². The molecule has 2 heterocycles. The van der Waals surface area contributed by atoms with Gasteiger partial charge in [0, 0.05) is 31.0 Å². The summed E-state index contributed by atoms with van der Waals surface area (Å²) in [5.74, 6) is -2.17. The second kappa shape index (κ2) is 10.2. The number of nitrogens with two attached hydrogens (primary N) is 1. The lowest BCUT2D eigenvalue weighted by molar-refractivity contribution is 0.0996. The van der Waals surface area contributed by atoms with Gasteiger partial charge in [-0.25, -0.2) is 18.6 Å². The Morgan fingerprint density at radius 1 is 1.31 bits per heavy atom. The van der Waals surface area contributed by atoms with Crippen molar-refractivity contribution in [3.8, 4) is 5.88 Å². The largest absolute Gasteiger partial charge is 0.471 e. The molecule has 32 heavy (non-hydrogen) atoms. The number of nitrogens with one attached hydrogen (secondary N) is 2. The highest BCUT2D eigenvalue weighted by Gasteiger charge is 2.22. The lowest BCUT2D eigenvalue weighted by Crippen LogP contribution is -2.33. The molecule has 3 aromatic rings. The van der Waals surface area contributed by atoms with Crippen LogP contribution in [-0.4, -0.2) is 32.4 Å². The minimum atomic E-state index is -0.881. The van der Waals surface area contributed by atoms with Gasteiger partial charge in [0.25, 0.3) is 5.91 Å². The smallest absolute Gasteiger partial charge is 0.319 e. The molecule has 9 nitrogen and oxygen atoms in total. The number of hydrogen-bond acceptors (Lipinski definition) is 6. The fourth-order valence-electron chi connectivity index (χ4n) is 2.85. The van der Waals surface area contributed by atoms with Crippen molar-refractivity contribution in [3.63, 3.8) is 0 Å². The molecule has 3 amide bonds. The van der Waals surface area contributed by atoms with Crippen molar-refractivity contribution in [2.24, 2.45) is 11.7 Å². The zero-order valence-corrected chi connectivity index (χ0v) is 18.2. The van der Waals surface area contributed by atoms with Gasteiger partial charge >= 0.3 is 6.03 Å². The molecule has 0 aliphatic heterocycles. The number of halogens is 2. The van der Waals surface area contributed by atoms with Gasteiger partial charge in [0.2, 0.25) is 5.88 Å². The van der Waals surface area contributed by atoms with E-state index in [1.165, 1.54) is 6.92 Å². The van der Waals surface area contributed by atoms with Crippen LogP contribution in [0.1, 0.15) is 28.4 Å². The number of aryl methyl sites for hydroxylation is 1. The molecule has 1 aromatic carbocycles. The number of rotatable bonds is 9. The topological polar surface area (TPSA) is 124 Å². The number of imidazole rings is 1. The summed E-state index contributed by atoms with van der Waals surface area (Å²) in [6.07, 6.45) is 5.18. The molecule has 1 unspecified atom stereocenters. The van der Waals surface area contributed by atoms with Crippen LogP contribution in [0.5, 0.6) is 5.88 Å². The number of aromatic nitrogens is 3. The summed E-state index contributed by atoms with van der Waals surface area (Å²) in [4.78, 5) is 28.1. The summed E-state index contributed by atoms with van der Waals surface area (Å²) < 4.78 is 39.0. The second-order valence-electron chi connectivity index (χ2n) is 7.24. The van der Waals surface area contributed by atoms with Crippen molar-refractivity contribution in [2.75, 3.05) is 11.9 Å². The van der Waals surface area contributed by atoms with Gasteiger partial charge in [0.1, 0.15) is 28.8 Å². The van der Waals surface area contributed by atoms with Crippen molar-refractivity contribution in [1.82, 2.24) is 19.2 Å². The normalized spacial score (nSPS) is 11.8. The molecular formula is C20H22F2N6O3S. The van der Waals surface area contributed by atoms with E-state index in [4.69, 9.17) is 10.5 Å². The summed E-state index contributed by atoms with van der Waals surface area (Å²) in [5, 5.41) is 5.32. The molecule has 0 aliphatic rings. The minimum Gasteiger partial charge on any atom is -0.471 e. The standard InChI is InChI=1S/C20H22F2N6O3S/c1-11(8-28-4-3-24-10-28)7-25-20(30)26-19-16(17(23)29)18(27-32-19)31-9-13-6-14(21)12(2)5-15(13)22/h3-6,10-11H,7-9H2,1-2H3,(H2,23,29)(H2,25,26,30). The van der Waals surface area contributed by atoms with Gasteiger partial charge in [-0.15, -0.1) is 0 Å². The third-order valence-corrected chi connectivity index (χ3v) is 5.26. The molecular weight excluding hydrogens is 442 g/mol. The molecule has 0 fully saturated rings. The van der Waals surface area contributed by atoms with Crippen LogP contribution in [-0.2, 0) is 13.2 Å². The molecule has 1 atom stereocenters. The van der Waals surface area contributed by atoms with Crippen molar-refractivity contribution < 1.29 is 23.1 Å². The highest BCUT2D eigenvalue weighted by molar-refractivity contribution is 7.11. The highest BCUT2D eigenvalue weighted by atomic mass is 32.1. The molecule has 12 heteroatoms. The maximum Gasteiger partial charge on any atom is 0.319 e. The molecule has 0 aliphatic carbocycles. The third-order valence-electron chi connectivity index (χ3n) is 4.52. The summed E-state index contributed by atoms with van der Waals surface area (Å²) in [7, 11) is 0. The minimum absolute atomic E-state index is 0.0457. The molecule has 0 spiro atoms. The van der Waals surface area contributed by atoms with Crippen molar-refractivity contribution in [1.29, 1.82) is 0 Å². The lowest BCUT2D eigenvalue weighted by Gasteiger charge is -2.13. The fourth-order valence-corrected chi connectivity index (χ4v) is 3.59. The van der Waals surface area contributed by atoms with Crippen LogP contribution in [0.2, 0.25) is 0 Å². The second-order valence-corrected chi connectivity index (χ2v) is 8.01. The van der Waals surface area contributed by atoms with Crippen LogP contribution >= 0.6 is 11.5 Å². The number of amides is 3. The van der Waals surface area contributed by atoms with Crippen LogP contribution in [0.3, 0.4) is 0 Å². The first-order chi connectivity index (χ1) is 15.2. The fraction of sp³-hybridized carbons (Fsp3) is 0.300. The number of carbonyl (C=O) groups excluding carboxylic acids is 2. The maximum atomic E-state index is 14.0. The number of primary amides is 1. The maximum absolute atomic E-state index is 14.0. The molecule has 170 valence electrons. The van der Waals surface area contributed by atoms with E-state index in [0.29, 0.717) is 13.1 Å². The average molecular weight is 464 g/mol. The van der Waals surface area contributed by atoms with E-state index >= 15 is 0 Å². The lowest BCUT2D eigenvalue weighted by atomic mass is 10.1. The van der Waals surface area contributed by atoms with E-state index in [-0.39, 0.29) is 40.1 Å². The molecule has 0 saturated carbocycles. The average Bonchev–Trinajstić information content (AvgIpc) is 3.38. The molecule has 0 bridgehead atoms. The summed E-state index contributed by atoms with van der Waals surface area (Å²) in [6, 6.07) is 1.51. The number of nitrogens with zero attached hydrogens (tertiary/aromatic N) is 3. The quantitative estimate of drug-likeness (QED) is 0.449. The Morgan fingerprint density at radius 3 is 2.78 bits per heavy atom.